The fourth-order valence-electron chi connectivity index (χ4n) is 9.70. The summed E-state index contributed by atoms with van der Waals surface area (Å²) in [4.78, 5) is 4.56. The maximum atomic E-state index is 7.07. The molecule has 5 heteroatoms. The van der Waals surface area contributed by atoms with Crippen LogP contribution in [0, 0.1) is 0 Å². The van der Waals surface area contributed by atoms with Crippen LogP contribution in [0.15, 0.2) is 199 Å². The van der Waals surface area contributed by atoms with E-state index in [1.165, 1.54) is 32.3 Å². The molecule has 0 atom stereocenters. The number of furan rings is 1. The molecule has 0 saturated heterocycles. The second kappa shape index (κ2) is 11.8. The summed E-state index contributed by atoms with van der Waals surface area (Å²) >= 11 is 0. The smallest absolute Gasteiger partial charge is 0.159 e. The van der Waals surface area contributed by atoms with E-state index in [2.05, 4.69) is 201 Å². The van der Waals surface area contributed by atoms with Crippen LogP contribution in [0.3, 0.4) is 0 Å². The molecule has 0 aliphatic rings. The van der Waals surface area contributed by atoms with Crippen molar-refractivity contribution in [3.63, 3.8) is 0 Å². The second-order valence-electron chi connectivity index (χ2n) is 15.1. The van der Waals surface area contributed by atoms with Crippen LogP contribution in [0.1, 0.15) is 0 Å². The standard InChI is InChI=1S/C53H32N4O/c1-3-13-33(14-4-1)36-19-11-20-42-43-21-12-24-48(53(43)58-52(36)42)57-46-23-10-8-18-38(46)41-27-26-40-37-17-7-9-22-45(37)56(50(40)51(41)57)35-25-28-47-44(31-35)39-29-30-54-32-49(39)55(47)34-15-5-2-6-16-34/h1-32H. The Balaban J connectivity index is 1.16. The lowest BCUT2D eigenvalue weighted by atomic mass is 10.0. The Bertz CT molecular complexity index is 3790. The first-order chi connectivity index (χ1) is 28.8. The number of nitrogens with zero attached hydrogens (tertiary/aromatic N) is 4. The molecule has 0 unspecified atom stereocenters. The summed E-state index contributed by atoms with van der Waals surface area (Å²) < 4.78 is 14.3. The Morgan fingerprint density at radius 1 is 0.362 bits per heavy atom. The molecule has 0 N–H and O–H groups in total. The number of para-hydroxylation sites is 5. The lowest BCUT2D eigenvalue weighted by Crippen LogP contribution is -1.99. The fourth-order valence-corrected chi connectivity index (χ4v) is 9.70. The van der Waals surface area contributed by atoms with Crippen molar-refractivity contribution in [2.24, 2.45) is 0 Å². The van der Waals surface area contributed by atoms with E-state index < -0.39 is 0 Å². The Morgan fingerprint density at radius 2 is 0.966 bits per heavy atom. The first-order valence-corrected chi connectivity index (χ1v) is 19.7. The van der Waals surface area contributed by atoms with E-state index in [1.807, 2.05) is 12.4 Å². The van der Waals surface area contributed by atoms with E-state index in [9.17, 15) is 0 Å². The highest BCUT2D eigenvalue weighted by molar-refractivity contribution is 6.25. The predicted octanol–water partition coefficient (Wildman–Crippen LogP) is 13.9. The van der Waals surface area contributed by atoms with Crippen molar-refractivity contribution in [1.82, 2.24) is 18.7 Å². The summed E-state index contributed by atoms with van der Waals surface area (Å²) in [6.07, 6.45) is 3.87. The Morgan fingerprint density at radius 3 is 1.74 bits per heavy atom. The van der Waals surface area contributed by atoms with Crippen LogP contribution in [0.5, 0.6) is 0 Å². The van der Waals surface area contributed by atoms with Crippen molar-refractivity contribution in [1.29, 1.82) is 0 Å². The van der Waals surface area contributed by atoms with Crippen LogP contribution >= 0.6 is 0 Å². The number of fused-ring (bicyclic) bond motifs is 13. The van der Waals surface area contributed by atoms with Gasteiger partial charge in [-0.25, -0.2) is 0 Å². The average molecular weight is 741 g/mol. The zero-order chi connectivity index (χ0) is 37.9. The molecule has 0 amide bonds. The quantitative estimate of drug-likeness (QED) is 0.180. The van der Waals surface area contributed by atoms with Crippen molar-refractivity contribution in [3.05, 3.63) is 194 Å². The fraction of sp³-hybridized carbons (Fsp3) is 0. The van der Waals surface area contributed by atoms with E-state index in [0.717, 1.165) is 83.2 Å². The number of benzene rings is 8. The minimum atomic E-state index is 0.868. The van der Waals surface area contributed by atoms with Crippen molar-refractivity contribution >= 4 is 87.4 Å². The zero-order valence-corrected chi connectivity index (χ0v) is 31.2. The molecule has 0 spiro atoms. The third-order valence-electron chi connectivity index (χ3n) is 12.1. The maximum absolute atomic E-state index is 7.07. The molecule has 0 bridgehead atoms. The molecule has 13 aromatic rings. The van der Waals surface area contributed by atoms with Gasteiger partial charge in [-0.05, 0) is 60.2 Å². The highest BCUT2D eigenvalue weighted by atomic mass is 16.3. The summed E-state index contributed by atoms with van der Waals surface area (Å²) in [5.74, 6) is 0. The molecule has 0 radical (unpaired) electrons. The van der Waals surface area contributed by atoms with Gasteiger partial charge < -0.3 is 18.1 Å². The topological polar surface area (TPSA) is 40.8 Å². The number of hydrogen-bond donors (Lipinski definition) is 0. The normalized spacial score (nSPS) is 12.1. The number of pyridine rings is 1. The number of aromatic nitrogens is 4. The predicted molar refractivity (Wildman–Crippen MR) is 240 cm³/mol. The van der Waals surface area contributed by atoms with Gasteiger partial charge in [0.25, 0.3) is 0 Å². The Labute approximate surface area is 331 Å². The van der Waals surface area contributed by atoms with Crippen LogP contribution in [0.4, 0.5) is 0 Å². The SMILES string of the molecule is c1ccc(-c2cccc3c2oc2c(-n4c5ccccc5c5ccc6c7ccccc7n(-c7ccc8c(c7)c7ccncc7n8-c7ccccc7)c6c54)cccc23)cc1. The highest BCUT2D eigenvalue weighted by Crippen LogP contribution is 2.45. The molecular formula is C53H32N4O. The van der Waals surface area contributed by atoms with Crippen LogP contribution in [0.25, 0.3) is 116 Å². The molecule has 5 aromatic heterocycles. The first-order valence-electron chi connectivity index (χ1n) is 19.7. The van der Waals surface area contributed by atoms with E-state index >= 15 is 0 Å². The lowest BCUT2D eigenvalue weighted by Gasteiger charge is -2.13. The van der Waals surface area contributed by atoms with Gasteiger partial charge in [0.15, 0.2) is 5.58 Å². The highest BCUT2D eigenvalue weighted by Gasteiger charge is 2.24. The van der Waals surface area contributed by atoms with Crippen molar-refractivity contribution in [2.75, 3.05) is 0 Å². The number of rotatable bonds is 4. The Kier molecular flexibility index (Phi) is 6.38. The molecule has 270 valence electrons. The van der Waals surface area contributed by atoms with E-state index in [-0.39, 0.29) is 0 Å². The van der Waals surface area contributed by atoms with Crippen LogP contribution < -0.4 is 0 Å². The van der Waals surface area contributed by atoms with E-state index in [4.69, 9.17) is 4.42 Å². The van der Waals surface area contributed by atoms with Gasteiger partial charge in [0.2, 0.25) is 0 Å². The monoisotopic (exact) mass is 740 g/mol. The summed E-state index contributed by atoms with van der Waals surface area (Å²) in [6.45, 7) is 0. The van der Waals surface area contributed by atoms with Gasteiger partial charge in [-0.3, -0.25) is 4.98 Å². The minimum Gasteiger partial charge on any atom is -0.453 e. The van der Waals surface area contributed by atoms with E-state index in [0.29, 0.717) is 0 Å². The third-order valence-corrected chi connectivity index (χ3v) is 12.1. The van der Waals surface area contributed by atoms with Crippen LogP contribution in [-0.4, -0.2) is 18.7 Å². The van der Waals surface area contributed by atoms with Gasteiger partial charge in [-0.1, -0.05) is 127 Å². The van der Waals surface area contributed by atoms with Gasteiger partial charge in [0, 0.05) is 66.2 Å². The van der Waals surface area contributed by atoms with Gasteiger partial charge >= 0.3 is 0 Å². The summed E-state index contributed by atoms with van der Waals surface area (Å²) in [7, 11) is 0. The molecule has 5 nitrogen and oxygen atoms in total. The van der Waals surface area contributed by atoms with Crippen molar-refractivity contribution < 1.29 is 4.42 Å². The van der Waals surface area contributed by atoms with Crippen LogP contribution in [-0.2, 0) is 0 Å². The van der Waals surface area contributed by atoms with Gasteiger partial charge in [-0.15, -0.1) is 0 Å². The van der Waals surface area contributed by atoms with Crippen molar-refractivity contribution in [2.45, 2.75) is 0 Å². The molecular weight excluding hydrogens is 709 g/mol. The maximum Gasteiger partial charge on any atom is 0.159 e. The molecule has 0 saturated carbocycles. The molecule has 0 aliphatic heterocycles. The van der Waals surface area contributed by atoms with Crippen molar-refractivity contribution in [3.8, 4) is 28.2 Å². The molecule has 0 aliphatic carbocycles. The summed E-state index contributed by atoms with van der Waals surface area (Å²) in [5, 5.41) is 9.35. The van der Waals surface area contributed by atoms with Gasteiger partial charge in [-0.2, -0.15) is 0 Å². The zero-order valence-electron chi connectivity index (χ0n) is 31.2. The summed E-state index contributed by atoms with van der Waals surface area (Å²) in [5.41, 5.74) is 14.0. The first kappa shape index (κ1) is 31.3. The summed E-state index contributed by atoms with van der Waals surface area (Å²) in [6, 6.07) is 65.4. The molecule has 0 fully saturated rings. The van der Waals surface area contributed by atoms with Gasteiger partial charge in [0.1, 0.15) is 5.58 Å². The molecule has 13 rings (SSSR count). The largest absolute Gasteiger partial charge is 0.453 e. The molecule has 5 heterocycles. The molecule has 8 aromatic carbocycles. The second-order valence-corrected chi connectivity index (χ2v) is 15.1. The minimum absolute atomic E-state index is 0.868. The Hall–Kier alpha value is -7.89. The lowest BCUT2D eigenvalue weighted by molar-refractivity contribution is 0.667. The molecule has 58 heavy (non-hydrogen) atoms. The number of hydrogen-bond acceptors (Lipinski definition) is 2. The van der Waals surface area contributed by atoms with Crippen LogP contribution in [0.2, 0.25) is 0 Å². The van der Waals surface area contributed by atoms with Gasteiger partial charge in [0.05, 0.1) is 45.0 Å². The third kappa shape index (κ3) is 4.22. The average Bonchev–Trinajstić information content (AvgIpc) is 4.03. The van der Waals surface area contributed by atoms with E-state index in [1.54, 1.807) is 0 Å².